The number of aliphatic hydroxyl groups excluding tert-OH is 1. The normalized spacial score (nSPS) is 14.0. The van der Waals surface area contributed by atoms with E-state index in [2.05, 4.69) is 27.7 Å². The highest BCUT2D eigenvalue weighted by Gasteiger charge is 2.30. The summed E-state index contributed by atoms with van der Waals surface area (Å²) in [5.74, 6) is -2.13. The summed E-state index contributed by atoms with van der Waals surface area (Å²) in [6.07, 6.45) is 56.1. The minimum atomic E-state index is -4.95. The average molecular weight is 1340 g/mol. The molecule has 17 nitrogen and oxygen atoms in total. The second kappa shape index (κ2) is 66.7. The van der Waals surface area contributed by atoms with Crippen LogP contribution in [-0.2, 0) is 65.4 Å². The van der Waals surface area contributed by atoms with Gasteiger partial charge in [0.2, 0.25) is 0 Å². The van der Waals surface area contributed by atoms with Gasteiger partial charge in [0.1, 0.15) is 19.3 Å². The zero-order valence-corrected chi connectivity index (χ0v) is 60.6. The van der Waals surface area contributed by atoms with Gasteiger partial charge in [-0.1, -0.05) is 329 Å². The molecule has 0 aliphatic rings. The number of ether oxygens (including phenoxy) is 4. The third-order valence-corrected chi connectivity index (χ3v) is 18.8. The lowest BCUT2D eigenvalue weighted by Crippen LogP contribution is -2.30. The molecule has 0 saturated carbocycles. The van der Waals surface area contributed by atoms with E-state index in [1.807, 2.05) is 0 Å². The highest BCUT2D eigenvalue weighted by atomic mass is 31.2. The van der Waals surface area contributed by atoms with E-state index in [1.54, 1.807) is 0 Å². The number of aliphatic hydroxyl groups is 1. The maximum atomic E-state index is 13.1. The van der Waals surface area contributed by atoms with E-state index in [9.17, 15) is 43.2 Å². The van der Waals surface area contributed by atoms with Gasteiger partial charge in [-0.05, 0) is 25.7 Å². The Hall–Kier alpha value is -1.94. The predicted octanol–water partition coefficient (Wildman–Crippen LogP) is 21.1. The van der Waals surface area contributed by atoms with Gasteiger partial charge in [-0.2, -0.15) is 0 Å². The van der Waals surface area contributed by atoms with Crippen molar-refractivity contribution in [1.29, 1.82) is 0 Å². The molecular formula is C72H140O17P2. The fourth-order valence-electron chi connectivity index (χ4n) is 11.0. The van der Waals surface area contributed by atoms with Gasteiger partial charge in [-0.3, -0.25) is 37.3 Å². The molecule has 0 aromatic carbocycles. The third kappa shape index (κ3) is 66.5. The zero-order chi connectivity index (χ0) is 66.8. The van der Waals surface area contributed by atoms with Crippen LogP contribution in [-0.4, -0.2) is 96.7 Å². The quantitative estimate of drug-likeness (QED) is 0.0222. The van der Waals surface area contributed by atoms with Crippen molar-refractivity contribution in [1.82, 2.24) is 0 Å². The number of hydrogen-bond donors (Lipinski definition) is 3. The van der Waals surface area contributed by atoms with Gasteiger partial charge in [0.15, 0.2) is 12.2 Å². The van der Waals surface area contributed by atoms with Gasteiger partial charge in [-0.25, -0.2) is 9.13 Å². The molecule has 0 aliphatic carbocycles. The Bertz CT molecular complexity index is 1740. The monoisotopic (exact) mass is 1340 g/mol. The number of esters is 4. The minimum Gasteiger partial charge on any atom is -0.462 e. The first-order chi connectivity index (χ1) is 44.2. The lowest BCUT2D eigenvalue weighted by Gasteiger charge is -2.21. The van der Waals surface area contributed by atoms with Crippen LogP contribution in [0.3, 0.4) is 0 Å². The SMILES string of the molecule is CCCCCCCCCCCCCCCCCCCCCC(=O)O[C@H](COC(=O)CCCCCCCCCCCCCCCCCCCC)COP(=O)(O)OC[C@@H](O)COP(=O)(O)OC[C@@H](COC(=O)CCCCCCC)OC(=O)CCCCCCCCCCC. The molecule has 0 aliphatic heterocycles. The van der Waals surface area contributed by atoms with Crippen molar-refractivity contribution in [2.75, 3.05) is 39.6 Å². The van der Waals surface area contributed by atoms with Gasteiger partial charge in [0.05, 0.1) is 26.4 Å². The number of carbonyl (C=O) groups excluding carboxylic acids is 4. The fraction of sp³-hybridized carbons (Fsp3) is 0.944. The maximum Gasteiger partial charge on any atom is 0.472 e. The van der Waals surface area contributed by atoms with Crippen LogP contribution in [0.15, 0.2) is 0 Å². The Labute approximate surface area is 556 Å². The van der Waals surface area contributed by atoms with Crippen LogP contribution < -0.4 is 0 Å². The van der Waals surface area contributed by atoms with Crippen molar-refractivity contribution < 1.29 is 80.2 Å². The first-order valence-electron chi connectivity index (χ1n) is 37.8. The second-order valence-electron chi connectivity index (χ2n) is 26.0. The van der Waals surface area contributed by atoms with Gasteiger partial charge in [0, 0.05) is 25.7 Å². The molecule has 0 aromatic rings. The van der Waals surface area contributed by atoms with E-state index in [-0.39, 0.29) is 25.7 Å². The van der Waals surface area contributed by atoms with Gasteiger partial charge < -0.3 is 33.8 Å². The van der Waals surface area contributed by atoms with Crippen molar-refractivity contribution in [2.24, 2.45) is 0 Å². The summed E-state index contributed by atoms with van der Waals surface area (Å²) in [5, 5.41) is 10.6. The number of carbonyl (C=O) groups is 4. The molecule has 0 spiro atoms. The highest BCUT2D eigenvalue weighted by molar-refractivity contribution is 7.47. The summed E-state index contributed by atoms with van der Waals surface area (Å²) in [6.45, 7) is 4.85. The number of unbranched alkanes of at least 4 members (excludes halogenated alkanes) is 47. The van der Waals surface area contributed by atoms with Crippen molar-refractivity contribution in [3.63, 3.8) is 0 Å². The lowest BCUT2D eigenvalue weighted by atomic mass is 10.0. The van der Waals surface area contributed by atoms with E-state index in [4.69, 9.17) is 37.0 Å². The lowest BCUT2D eigenvalue weighted by molar-refractivity contribution is -0.161. The summed E-state index contributed by atoms with van der Waals surface area (Å²) < 4.78 is 68.1. The number of rotatable bonds is 73. The van der Waals surface area contributed by atoms with Gasteiger partial charge in [-0.15, -0.1) is 0 Å². The van der Waals surface area contributed by atoms with Gasteiger partial charge >= 0.3 is 39.5 Å². The molecule has 0 aromatic heterocycles. The standard InChI is InChI=1S/C72H140O17P2/c1-5-9-13-17-20-23-25-27-29-31-33-35-37-39-41-44-47-51-55-59-72(77)89-68(63-83-70(75)57-53-49-45-43-40-38-36-34-32-30-28-26-24-21-18-14-10-6-2)65-87-91(80,81)85-61-66(73)60-84-90(78,79)86-64-67(62-82-69(74)56-52-48-16-12-8-4)88-71(76)58-54-50-46-42-22-19-15-11-7-3/h66-68,73H,5-65H2,1-4H3,(H,78,79)(H,80,81)/t66-,67+,68+/m0/s1. The average Bonchev–Trinajstić information content (AvgIpc) is 2.67. The smallest absolute Gasteiger partial charge is 0.462 e. The Morgan fingerprint density at radius 3 is 0.648 bits per heavy atom. The van der Waals surface area contributed by atoms with E-state index in [0.29, 0.717) is 25.7 Å². The van der Waals surface area contributed by atoms with Crippen LogP contribution in [0.5, 0.6) is 0 Å². The van der Waals surface area contributed by atoms with Crippen LogP contribution in [0.1, 0.15) is 381 Å². The van der Waals surface area contributed by atoms with Crippen molar-refractivity contribution >= 4 is 39.5 Å². The summed E-state index contributed by atoms with van der Waals surface area (Å²) in [5.41, 5.74) is 0. The van der Waals surface area contributed by atoms with Crippen molar-refractivity contribution in [3.05, 3.63) is 0 Å². The van der Waals surface area contributed by atoms with E-state index < -0.39 is 97.5 Å². The van der Waals surface area contributed by atoms with Crippen LogP contribution in [0.25, 0.3) is 0 Å². The Balaban J connectivity index is 5.11. The molecule has 0 saturated heterocycles. The molecule has 2 unspecified atom stereocenters. The molecule has 5 atom stereocenters. The molecule has 0 bridgehead atoms. The second-order valence-corrected chi connectivity index (χ2v) is 28.9. The molecule has 540 valence electrons. The molecule has 0 fully saturated rings. The Morgan fingerprint density at radius 2 is 0.440 bits per heavy atom. The Morgan fingerprint density at radius 1 is 0.264 bits per heavy atom. The minimum absolute atomic E-state index is 0.105. The molecule has 0 radical (unpaired) electrons. The van der Waals surface area contributed by atoms with E-state index in [0.717, 1.165) is 96.3 Å². The summed E-state index contributed by atoms with van der Waals surface area (Å²) in [6, 6.07) is 0. The van der Waals surface area contributed by atoms with E-state index >= 15 is 0 Å². The van der Waals surface area contributed by atoms with Crippen LogP contribution >= 0.6 is 15.6 Å². The first-order valence-corrected chi connectivity index (χ1v) is 40.8. The van der Waals surface area contributed by atoms with E-state index in [1.165, 1.54) is 205 Å². The summed E-state index contributed by atoms with van der Waals surface area (Å²) in [7, 11) is -9.89. The first kappa shape index (κ1) is 89.1. The Kier molecular flexibility index (Phi) is 65.2. The van der Waals surface area contributed by atoms with Crippen LogP contribution in [0.4, 0.5) is 0 Å². The molecule has 3 N–H and O–H groups in total. The number of phosphoric acid groups is 2. The molecule has 0 heterocycles. The molecule has 0 amide bonds. The summed E-state index contributed by atoms with van der Waals surface area (Å²) >= 11 is 0. The third-order valence-electron chi connectivity index (χ3n) is 16.9. The number of phosphoric ester groups is 2. The topological polar surface area (TPSA) is 237 Å². The fourth-order valence-corrected chi connectivity index (χ4v) is 12.6. The molecule has 91 heavy (non-hydrogen) atoms. The van der Waals surface area contributed by atoms with Crippen LogP contribution in [0.2, 0.25) is 0 Å². The maximum absolute atomic E-state index is 13.1. The van der Waals surface area contributed by atoms with Crippen molar-refractivity contribution in [2.45, 2.75) is 399 Å². The van der Waals surface area contributed by atoms with Crippen molar-refractivity contribution in [3.8, 4) is 0 Å². The molecule has 0 rings (SSSR count). The zero-order valence-electron chi connectivity index (χ0n) is 58.8. The highest BCUT2D eigenvalue weighted by Crippen LogP contribution is 2.45. The summed E-state index contributed by atoms with van der Waals surface area (Å²) in [4.78, 5) is 72.3. The van der Waals surface area contributed by atoms with Crippen LogP contribution in [0, 0.1) is 0 Å². The molecular weight excluding hydrogens is 1200 g/mol. The van der Waals surface area contributed by atoms with Gasteiger partial charge in [0.25, 0.3) is 0 Å². The number of hydrogen-bond acceptors (Lipinski definition) is 15. The predicted molar refractivity (Wildman–Crippen MR) is 368 cm³/mol. The largest absolute Gasteiger partial charge is 0.472 e. The molecule has 19 heteroatoms.